The molecule has 16 heavy (non-hydrogen) atoms. The predicted molar refractivity (Wildman–Crippen MR) is 74.9 cm³/mol. The molecule has 0 N–H and O–H groups in total. The molecule has 1 fully saturated rings. The van der Waals surface area contributed by atoms with Gasteiger partial charge in [0.15, 0.2) is 0 Å². The number of fused-ring (bicyclic) bond motifs is 1. The van der Waals surface area contributed by atoms with E-state index in [2.05, 4.69) is 39.5 Å². The minimum absolute atomic E-state index is 0.732. The lowest BCUT2D eigenvalue weighted by Gasteiger charge is -2.34. The van der Waals surface area contributed by atoms with E-state index >= 15 is 0 Å². The van der Waals surface area contributed by atoms with Gasteiger partial charge in [-0.2, -0.15) is 12.6 Å². The molecule has 2 aliphatic rings. The maximum Gasteiger partial charge on any atom is 0.0110 e. The van der Waals surface area contributed by atoms with Crippen molar-refractivity contribution >= 4 is 12.6 Å². The zero-order chi connectivity index (χ0) is 11.7. The second-order valence-electron chi connectivity index (χ2n) is 5.71. The topological polar surface area (TPSA) is 0 Å². The monoisotopic (exact) mass is 236 g/mol. The number of thiol groups is 1. The first-order valence-electron chi connectivity index (χ1n) is 6.61. The molecule has 0 bridgehead atoms. The molecule has 0 spiro atoms. The number of allylic oxidation sites excluding steroid dienone is 3. The normalized spacial score (nSPS) is 35.5. The molecule has 0 aliphatic heterocycles. The van der Waals surface area contributed by atoms with Gasteiger partial charge < -0.3 is 0 Å². The quantitative estimate of drug-likeness (QED) is 0.524. The molecule has 0 aromatic rings. The van der Waals surface area contributed by atoms with E-state index < -0.39 is 0 Å². The van der Waals surface area contributed by atoms with E-state index in [4.69, 9.17) is 0 Å². The third kappa shape index (κ3) is 2.25. The van der Waals surface area contributed by atoms with Crippen LogP contribution >= 0.6 is 12.6 Å². The summed E-state index contributed by atoms with van der Waals surface area (Å²) in [6.45, 7) is 7.00. The molecule has 2 rings (SSSR count). The molecule has 90 valence electrons. The molecule has 0 nitrogen and oxygen atoms in total. The summed E-state index contributed by atoms with van der Waals surface area (Å²) in [5.41, 5.74) is 4.92. The number of hydrogen-bond donors (Lipinski definition) is 1. The van der Waals surface area contributed by atoms with Crippen LogP contribution in [0.2, 0.25) is 0 Å². The van der Waals surface area contributed by atoms with Crippen LogP contribution < -0.4 is 0 Å². The summed E-state index contributed by atoms with van der Waals surface area (Å²) in [7, 11) is 0. The summed E-state index contributed by atoms with van der Waals surface area (Å²) >= 11 is 4.37. The average molecular weight is 236 g/mol. The summed E-state index contributed by atoms with van der Waals surface area (Å²) in [4.78, 5) is 0. The van der Waals surface area contributed by atoms with E-state index in [0.717, 1.165) is 23.5 Å². The second kappa shape index (κ2) is 5.00. The van der Waals surface area contributed by atoms with Gasteiger partial charge in [0, 0.05) is 5.75 Å². The summed E-state index contributed by atoms with van der Waals surface area (Å²) in [5.74, 6) is 3.44. The van der Waals surface area contributed by atoms with E-state index in [1.807, 2.05) is 0 Å². The minimum Gasteiger partial charge on any atom is -0.175 e. The molecule has 0 saturated heterocycles. The summed E-state index contributed by atoms with van der Waals surface area (Å²) in [6.07, 6.45) is 8.00. The molecule has 1 saturated carbocycles. The van der Waals surface area contributed by atoms with Crippen molar-refractivity contribution in [2.24, 2.45) is 17.8 Å². The van der Waals surface area contributed by atoms with Crippen molar-refractivity contribution in [1.82, 2.24) is 0 Å². The Hall–Kier alpha value is -0.170. The Morgan fingerprint density at radius 3 is 2.81 bits per heavy atom. The van der Waals surface area contributed by atoms with E-state index in [1.54, 1.807) is 11.1 Å². The summed E-state index contributed by atoms with van der Waals surface area (Å²) in [5, 5.41) is 0. The van der Waals surface area contributed by atoms with Gasteiger partial charge in [-0.25, -0.2) is 0 Å². The molecule has 2 aliphatic carbocycles. The van der Waals surface area contributed by atoms with Gasteiger partial charge in [0.05, 0.1) is 0 Å². The lowest BCUT2D eigenvalue weighted by atomic mass is 9.71. The Kier molecular flexibility index (Phi) is 3.84. The highest BCUT2D eigenvalue weighted by Crippen LogP contribution is 2.48. The molecular weight excluding hydrogens is 212 g/mol. The fourth-order valence-corrected chi connectivity index (χ4v) is 3.64. The van der Waals surface area contributed by atoms with Crippen molar-refractivity contribution < 1.29 is 0 Å². The largest absolute Gasteiger partial charge is 0.175 e. The molecule has 0 aromatic heterocycles. The molecule has 3 atom stereocenters. The van der Waals surface area contributed by atoms with Crippen LogP contribution in [0.25, 0.3) is 0 Å². The highest BCUT2D eigenvalue weighted by atomic mass is 32.1. The zero-order valence-corrected chi connectivity index (χ0v) is 11.7. The minimum atomic E-state index is 0.732. The molecule has 0 unspecified atom stereocenters. The predicted octanol–water partition coefficient (Wildman–Crippen LogP) is 4.64. The van der Waals surface area contributed by atoms with Crippen LogP contribution in [0.4, 0.5) is 0 Å². The smallest absolute Gasteiger partial charge is 0.0110 e. The van der Waals surface area contributed by atoms with Gasteiger partial charge in [0.25, 0.3) is 0 Å². The van der Waals surface area contributed by atoms with Gasteiger partial charge in [-0.1, -0.05) is 29.7 Å². The number of rotatable bonds is 2. The maximum atomic E-state index is 4.37. The van der Waals surface area contributed by atoms with Gasteiger partial charge in [0.2, 0.25) is 0 Å². The van der Waals surface area contributed by atoms with Crippen LogP contribution in [0.5, 0.6) is 0 Å². The van der Waals surface area contributed by atoms with Crippen molar-refractivity contribution in [3.63, 3.8) is 0 Å². The van der Waals surface area contributed by atoms with Gasteiger partial charge >= 0.3 is 0 Å². The van der Waals surface area contributed by atoms with Crippen molar-refractivity contribution in [2.45, 2.75) is 46.5 Å². The van der Waals surface area contributed by atoms with Gasteiger partial charge in [0.1, 0.15) is 0 Å². The van der Waals surface area contributed by atoms with Crippen LogP contribution in [-0.2, 0) is 0 Å². The van der Waals surface area contributed by atoms with Gasteiger partial charge in [-0.05, 0) is 57.3 Å². The zero-order valence-electron chi connectivity index (χ0n) is 10.8. The van der Waals surface area contributed by atoms with Crippen LogP contribution in [0, 0.1) is 17.8 Å². The van der Waals surface area contributed by atoms with E-state index in [9.17, 15) is 0 Å². The summed E-state index contributed by atoms with van der Waals surface area (Å²) in [6, 6.07) is 0. The van der Waals surface area contributed by atoms with Crippen molar-refractivity contribution in [2.75, 3.05) is 5.75 Å². The standard InChI is InChI=1S/C15H24S/c1-10(9-16)8-13-6-4-11(2)14-7-5-12(3)15(13)14/h8,11,13-14,16H,4-7,9H2,1-3H3/t11-,13+,14-/m1/s1. The Morgan fingerprint density at radius 2 is 2.12 bits per heavy atom. The third-order valence-electron chi connectivity index (χ3n) is 4.48. The molecule has 0 aromatic carbocycles. The Balaban J connectivity index is 2.24. The van der Waals surface area contributed by atoms with E-state index in [-0.39, 0.29) is 0 Å². The molecule has 0 radical (unpaired) electrons. The van der Waals surface area contributed by atoms with Gasteiger partial charge in [-0.3, -0.25) is 0 Å². The lowest BCUT2D eigenvalue weighted by molar-refractivity contribution is 0.300. The Labute approximate surface area is 106 Å². The molecule has 0 heterocycles. The fourth-order valence-electron chi connectivity index (χ4n) is 3.54. The van der Waals surface area contributed by atoms with Crippen LogP contribution in [0.1, 0.15) is 46.5 Å². The highest BCUT2D eigenvalue weighted by molar-refractivity contribution is 7.80. The SMILES string of the molecule is CC(=C[C@@H]1CC[C@@H](C)[C@H]2CCC(C)=C12)CS. The summed E-state index contributed by atoms with van der Waals surface area (Å²) < 4.78 is 0. The van der Waals surface area contributed by atoms with E-state index in [0.29, 0.717) is 0 Å². The number of hydrogen-bond acceptors (Lipinski definition) is 1. The highest BCUT2D eigenvalue weighted by Gasteiger charge is 2.35. The van der Waals surface area contributed by atoms with Gasteiger partial charge in [-0.15, -0.1) is 0 Å². The van der Waals surface area contributed by atoms with Crippen LogP contribution in [0.15, 0.2) is 22.8 Å². The van der Waals surface area contributed by atoms with Crippen molar-refractivity contribution in [3.8, 4) is 0 Å². The van der Waals surface area contributed by atoms with Crippen LogP contribution in [-0.4, -0.2) is 5.75 Å². The van der Waals surface area contributed by atoms with Crippen LogP contribution in [0.3, 0.4) is 0 Å². The lowest BCUT2D eigenvalue weighted by Crippen LogP contribution is -2.23. The average Bonchev–Trinajstić information content (AvgIpc) is 2.66. The Bertz CT molecular complexity index is 324. The second-order valence-corrected chi connectivity index (χ2v) is 6.03. The van der Waals surface area contributed by atoms with E-state index in [1.165, 1.54) is 31.3 Å². The first-order valence-corrected chi connectivity index (χ1v) is 7.24. The molecule has 1 heteroatoms. The maximum absolute atomic E-state index is 4.37. The molecule has 0 amide bonds. The molecular formula is C15H24S. The van der Waals surface area contributed by atoms with Crippen molar-refractivity contribution in [3.05, 3.63) is 22.8 Å². The van der Waals surface area contributed by atoms with Crippen molar-refractivity contribution in [1.29, 1.82) is 0 Å². The first kappa shape index (κ1) is 12.3. The first-order chi connectivity index (χ1) is 7.63. The Morgan fingerprint density at radius 1 is 1.38 bits per heavy atom. The fraction of sp³-hybridized carbons (Fsp3) is 0.733. The third-order valence-corrected chi connectivity index (χ3v) is 4.98.